The van der Waals surface area contributed by atoms with Gasteiger partial charge in [0, 0.05) is 11.1 Å². The zero-order chi connectivity index (χ0) is 50.3. The number of aryl methyl sites for hydroxylation is 6. The van der Waals surface area contributed by atoms with Crippen molar-refractivity contribution in [1.29, 1.82) is 0 Å². The SMILES string of the molecule is Cc1ccc(-c2ccccc2)cc1.Cc1ccc2ccccc2c1.Cc1ccc2ccccc2n1.Cc1cccc(-c2ccccc2)c1.Cc1cccc2ccccc12.Cc1ccccc1-c1ccccc1. The van der Waals surface area contributed by atoms with Crippen molar-refractivity contribution in [1.82, 2.24) is 4.98 Å². The van der Waals surface area contributed by atoms with Gasteiger partial charge in [0.05, 0.1) is 5.52 Å². The summed E-state index contributed by atoms with van der Waals surface area (Å²) in [6, 6.07) is 98.9. The maximum atomic E-state index is 4.38. The van der Waals surface area contributed by atoms with Crippen molar-refractivity contribution in [2.24, 2.45) is 0 Å². The van der Waals surface area contributed by atoms with Gasteiger partial charge in [-0.1, -0.05) is 290 Å². The molecule has 0 saturated carbocycles. The molecule has 0 amide bonds. The number of benzene rings is 11. The monoisotopic (exact) mass is 932 g/mol. The second-order valence-electron chi connectivity index (χ2n) is 17.9. The van der Waals surface area contributed by atoms with E-state index in [1.807, 2.05) is 49.4 Å². The molecule has 0 saturated heterocycles. The molecular weight excluding hydrogens is 867 g/mol. The van der Waals surface area contributed by atoms with E-state index in [1.54, 1.807) is 0 Å². The van der Waals surface area contributed by atoms with Gasteiger partial charge in [-0.3, -0.25) is 4.98 Å². The van der Waals surface area contributed by atoms with Gasteiger partial charge in [-0.2, -0.15) is 0 Å². The number of rotatable bonds is 3. The van der Waals surface area contributed by atoms with Gasteiger partial charge in [-0.05, 0) is 120 Å². The fourth-order valence-electron chi connectivity index (χ4n) is 8.21. The van der Waals surface area contributed by atoms with E-state index in [-0.39, 0.29) is 0 Å². The standard InChI is InChI=1S/3C13H12.2C11H10.C10H9N/c1-11-7-5-6-10-13(11)12-8-3-2-4-9-12;1-11-6-5-9-13(10-11)12-7-3-2-4-8-12;1-11-7-9-13(10-8-11)12-5-3-2-4-6-12;1-9-5-4-7-10-6-2-3-8-11(9)10;1-9-6-7-10-4-2-3-5-11(10)8-9;1-8-6-7-9-4-2-3-5-10(9)11-8/h3*2-10H,1H3;2*2-8H,1H3;2-7H,1H3. The molecule has 0 aliphatic carbocycles. The molecule has 12 aromatic rings. The first-order chi connectivity index (χ1) is 35.2. The van der Waals surface area contributed by atoms with Crippen LogP contribution in [-0.4, -0.2) is 4.98 Å². The lowest BCUT2D eigenvalue weighted by molar-refractivity contribution is 1.26. The summed E-state index contributed by atoms with van der Waals surface area (Å²) in [5.74, 6) is 0. The summed E-state index contributed by atoms with van der Waals surface area (Å²) in [6.45, 7) is 12.6. The Bertz CT molecular complexity index is 3410. The number of para-hydroxylation sites is 1. The molecule has 11 aromatic carbocycles. The van der Waals surface area contributed by atoms with Crippen LogP contribution in [0.4, 0.5) is 0 Å². The molecule has 1 heterocycles. The number of hydrogen-bond acceptors (Lipinski definition) is 1. The molecule has 0 atom stereocenters. The van der Waals surface area contributed by atoms with Gasteiger partial charge in [0.25, 0.3) is 0 Å². The third kappa shape index (κ3) is 15.7. The van der Waals surface area contributed by atoms with Crippen LogP contribution in [0.5, 0.6) is 0 Å². The average molecular weight is 932 g/mol. The van der Waals surface area contributed by atoms with Crippen LogP contribution >= 0.6 is 0 Å². The quantitative estimate of drug-likeness (QED) is 0.172. The van der Waals surface area contributed by atoms with E-state index in [0.29, 0.717) is 0 Å². The molecule has 1 heteroatoms. The minimum Gasteiger partial charge on any atom is -0.253 e. The Morgan fingerprint density at radius 1 is 0.236 bits per heavy atom. The Morgan fingerprint density at radius 2 is 0.681 bits per heavy atom. The maximum Gasteiger partial charge on any atom is 0.0705 e. The molecule has 0 fully saturated rings. The number of pyridine rings is 1. The van der Waals surface area contributed by atoms with E-state index in [4.69, 9.17) is 0 Å². The highest BCUT2D eigenvalue weighted by molar-refractivity contribution is 5.85. The fourth-order valence-corrected chi connectivity index (χ4v) is 8.21. The van der Waals surface area contributed by atoms with Crippen LogP contribution in [0.1, 0.15) is 33.5 Å². The smallest absolute Gasteiger partial charge is 0.0705 e. The van der Waals surface area contributed by atoms with Gasteiger partial charge in [-0.15, -0.1) is 0 Å². The minimum atomic E-state index is 1.07. The van der Waals surface area contributed by atoms with Gasteiger partial charge in [0.15, 0.2) is 0 Å². The first kappa shape index (κ1) is 51.2. The van der Waals surface area contributed by atoms with Gasteiger partial charge in [0.2, 0.25) is 0 Å². The molecule has 0 bridgehead atoms. The molecule has 0 aliphatic rings. The van der Waals surface area contributed by atoms with Crippen LogP contribution in [0.3, 0.4) is 0 Å². The second kappa shape index (κ2) is 26.9. The number of fused-ring (bicyclic) bond motifs is 3. The molecule has 0 spiro atoms. The third-order valence-electron chi connectivity index (χ3n) is 12.2. The van der Waals surface area contributed by atoms with Crippen LogP contribution in [-0.2, 0) is 0 Å². The number of nitrogens with zero attached hydrogens (tertiary/aromatic N) is 1. The molecular formula is C71H65N. The number of aromatic nitrogens is 1. The Hall–Kier alpha value is -8.65. The molecule has 0 unspecified atom stereocenters. The van der Waals surface area contributed by atoms with E-state index >= 15 is 0 Å². The van der Waals surface area contributed by atoms with Gasteiger partial charge >= 0.3 is 0 Å². The summed E-state index contributed by atoms with van der Waals surface area (Å²) in [7, 11) is 0. The molecule has 12 rings (SSSR count). The van der Waals surface area contributed by atoms with E-state index < -0.39 is 0 Å². The lowest BCUT2D eigenvalue weighted by Crippen LogP contribution is -1.80. The van der Waals surface area contributed by atoms with Crippen LogP contribution < -0.4 is 0 Å². The Kier molecular flexibility index (Phi) is 19.2. The summed E-state index contributed by atoms with van der Waals surface area (Å²) in [4.78, 5) is 4.38. The summed E-state index contributed by atoms with van der Waals surface area (Å²) in [5, 5.41) is 6.53. The Balaban J connectivity index is 0.000000127. The van der Waals surface area contributed by atoms with Crippen molar-refractivity contribution in [2.75, 3.05) is 0 Å². The average Bonchev–Trinajstić information content (AvgIpc) is 3.43. The fraction of sp³-hybridized carbons (Fsp3) is 0.0845. The largest absolute Gasteiger partial charge is 0.253 e. The van der Waals surface area contributed by atoms with Crippen LogP contribution in [0.2, 0.25) is 0 Å². The van der Waals surface area contributed by atoms with Gasteiger partial charge < -0.3 is 0 Å². The second-order valence-corrected chi connectivity index (χ2v) is 17.9. The van der Waals surface area contributed by atoms with Gasteiger partial charge in [-0.25, -0.2) is 0 Å². The van der Waals surface area contributed by atoms with E-state index in [1.165, 1.54) is 88.1 Å². The maximum absolute atomic E-state index is 4.38. The van der Waals surface area contributed by atoms with Crippen LogP contribution in [0, 0.1) is 41.5 Å². The first-order valence-electron chi connectivity index (χ1n) is 24.8. The van der Waals surface area contributed by atoms with Gasteiger partial charge in [0.1, 0.15) is 0 Å². The molecule has 1 nitrogen and oxygen atoms in total. The van der Waals surface area contributed by atoms with Crippen molar-refractivity contribution in [3.63, 3.8) is 0 Å². The summed E-state index contributed by atoms with van der Waals surface area (Å²) in [5.41, 5.74) is 16.5. The van der Waals surface area contributed by atoms with Crippen molar-refractivity contribution in [2.45, 2.75) is 41.5 Å². The molecule has 0 aliphatic heterocycles. The van der Waals surface area contributed by atoms with E-state index in [0.717, 1.165) is 11.2 Å². The van der Waals surface area contributed by atoms with Crippen molar-refractivity contribution < 1.29 is 0 Å². The topological polar surface area (TPSA) is 12.9 Å². The lowest BCUT2D eigenvalue weighted by atomic mass is 10.0. The Morgan fingerprint density at radius 3 is 1.33 bits per heavy atom. The molecule has 354 valence electrons. The Labute approximate surface area is 428 Å². The molecule has 72 heavy (non-hydrogen) atoms. The summed E-state index contributed by atoms with van der Waals surface area (Å²) >= 11 is 0. The minimum absolute atomic E-state index is 1.07. The zero-order valence-electron chi connectivity index (χ0n) is 42.6. The molecule has 0 N–H and O–H groups in total. The van der Waals surface area contributed by atoms with Crippen molar-refractivity contribution in [3.8, 4) is 33.4 Å². The highest BCUT2D eigenvalue weighted by Gasteiger charge is 1.99. The summed E-state index contributed by atoms with van der Waals surface area (Å²) in [6.07, 6.45) is 0. The number of hydrogen-bond donors (Lipinski definition) is 0. The van der Waals surface area contributed by atoms with E-state index in [9.17, 15) is 0 Å². The lowest BCUT2D eigenvalue weighted by Gasteiger charge is -2.04. The predicted octanol–water partition coefficient (Wildman–Crippen LogP) is 19.8. The van der Waals surface area contributed by atoms with Crippen LogP contribution in [0.25, 0.3) is 65.8 Å². The zero-order valence-corrected chi connectivity index (χ0v) is 42.6. The highest BCUT2D eigenvalue weighted by Crippen LogP contribution is 2.23. The van der Waals surface area contributed by atoms with Crippen LogP contribution in [0.15, 0.2) is 285 Å². The van der Waals surface area contributed by atoms with Crippen molar-refractivity contribution in [3.05, 3.63) is 319 Å². The molecule has 1 aromatic heterocycles. The summed E-state index contributed by atoms with van der Waals surface area (Å²) < 4.78 is 0. The molecule has 0 radical (unpaired) electrons. The highest BCUT2D eigenvalue weighted by atomic mass is 14.7. The van der Waals surface area contributed by atoms with E-state index in [2.05, 4.69) is 282 Å². The normalized spacial score (nSPS) is 10.1. The first-order valence-corrected chi connectivity index (χ1v) is 24.8. The van der Waals surface area contributed by atoms with Crippen molar-refractivity contribution >= 4 is 32.4 Å². The predicted molar refractivity (Wildman–Crippen MR) is 314 cm³/mol. The third-order valence-corrected chi connectivity index (χ3v) is 12.2.